The van der Waals surface area contributed by atoms with Gasteiger partial charge in [0.1, 0.15) is 0 Å². The Balaban J connectivity index is 2.01. The van der Waals surface area contributed by atoms with Gasteiger partial charge in [-0.3, -0.25) is 4.90 Å². The predicted octanol–water partition coefficient (Wildman–Crippen LogP) is 2.00. The molecule has 1 saturated carbocycles. The second-order valence-corrected chi connectivity index (χ2v) is 5.90. The third kappa shape index (κ3) is 2.67. The summed E-state index contributed by atoms with van der Waals surface area (Å²) in [4.78, 5) is 2.60. The van der Waals surface area contributed by atoms with Crippen LogP contribution in [0.2, 0.25) is 0 Å². The fourth-order valence-corrected chi connectivity index (χ4v) is 3.67. The second kappa shape index (κ2) is 5.68. The van der Waals surface area contributed by atoms with Crippen molar-refractivity contribution >= 4 is 0 Å². The molecule has 0 aromatic carbocycles. The maximum atomic E-state index is 6.12. The van der Waals surface area contributed by atoms with Crippen molar-refractivity contribution in [1.29, 1.82) is 0 Å². The molecule has 3 nitrogen and oxygen atoms in total. The van der Waals surface area contributed by atoms with E-state index in [0.29, 0.717) is 6.04 Å². The average molecular weight is 240 g/mol. The first-order chi connectivity index (χ1) is 8.22. The van der Waals surface area contributed by atoms with Gasteiger partial charge >= 0.3 is 0 Å². The normalized spacial score (nSPS) is 35.6. The van der Waals surface area contributed by atoms with Crippen LogP contribution in [-0.4, -0.2) is 43.3 Å². The van der Waals surface area contributed by atoms with Gasteiger partial charge in [-0.2, -0.15) is 0 Å². The Bertz CT molecular complexity index is 240. The van der Waals surface area contributed by atoms with Gasteiger partial charge in [-0.05, 0) is 45.1 Å². The van der Waals surface area contributed by atoms with Crippen molar-refractivity contribution < 1.29 is 4.74 Å². The number of hydrogen-bond acceptors (Lipinski definition) is 3. The molecule has 0 aromatic heterocycles. The topological polar surface area (TPSA) is 38.5 Å². The van der Waals surface area contributed by atoms with Gasteiger partial charge in [-0.15, -0.1) is 0 Å². The maximum absolute atomic E-state index is 6.12. The Kier molecular flexibility index (Phi) is 4.45. The van der Waals surface area contributed by atoms with Crippen LogP contribution in [0, 0.1) is 5.92 Å². The predicted molar refractivity (Wildman–Crippen MR) is 71.0 cm³/mol. The van der Waals surface area contributed by atoms with Crippen LogP contribution in [-0.2, 0) is 4.74 Å². The van der Waals surface area contributed by atoms with E-state index < -0.39 is 0 Å². The number of hydrogen-bond donors (Lipinski definition) is 1. The summed E-state index contributed by atoms with van der Waals surface area (Å²) >= 11 is 0. The van der Waals surface area contributed by atoms with Gasteiger partial charge in [-0.1, -0.05) is 13.3 Å². The molecule has 17 heavy (non-hydrogen) atoms. The Morgan fingerprint density at radius 3 is 2.53 bits per heavy atom. The van der Waals surface area contributed by atoms with E-state index in [0.717, 1.165) is 25.7 Å². The highest BCUT2D eigenvalue weighted by Gasteiger charge is 2.43. The summed E-state index contributed by atoms with van der Waals surface area (Å²) in [6.07, 6.45) is 7.61. The van der Waals surface area contributed by atoms with Crippen molar-refractivity contribution in [2.75, 3.05) is 26.8 Å². The van der Waals surface area contributed by atoms with E-state index in [1.54, 1.807) is 0 Å². The minimum Gasteiger partial charge on any atom is -0.381 e. The Morgan fingerprint density at radius 2 is 2.00 bits per heavy atom. The van der Waals surface area contributed by atoms with Crippen LogP contribution in [0.15, 0.2) is 0 Å². The standard InChI is InChI=1S/C14H28N2O/c1-3-12-4-7-14(10-12,11-15)16(2)13-5-8-17-9-6-13/h12-13H,3-11,15H2,1-2H3. The zero-order chi connectivity index (χ0) is 12.3. The third-order valence-electron chi connectivity index (χ3n) is 5.13. The summed E-state index contributed by atoms with van der Waals surface area (Å²) in [6.45, 7) is 4.97. The van der Waals surface area contributed by atoms with Crippen molar-refractivity contribution in [3.8, 4) is 0 Å². The van der Waals surface area contributed by atoms with Crippen LogP contribution in [0.3, 0.4) is 0 Å². The van der Waals surface area contributed by atoms with E-state index in [1.807, 2.05) is 0 Å². The van der Waals surface area contributed by atoms with Crippen LogP contribution in [0.4, 0.5) is 0 Å². The molecule has 0 bridgehead atoms. The number of likely N-dealkylation sites (N-methyl/N-ethyl adjacent to an activating group) is 1. The number of nitrogens with zero attached hydrogens (tertiary/aromatic N) is 1. The van der Waals surface area contributed by atoms with Crippen LogP contribution in [0.5, 0.6) is 0 Å². The first kappa shape index (κ1) is 13.3. The molecule has 1 aliphatic heterocycles. The van der Waals surface area contributed by atoms with Crippen molar-refractivity contribution in [2.24, 2.45) is 11.7 Å². The highest BCUT2D eigenvalue weighted by Crippen LogP contribution is 2.41. The van der Waals surface area contributed by atoms with Gasteiger partial charge in [0.05, 0.1) is 0 Å². The smallest absolute Gasteiger partial charge is 0.0480 e. The summed E-state index contributed by atoms with van der Waals surface area (Å²) in [5, 5.41) is 0. The van der Waals surface area contributed by atoms with Gasteiger partial charge in [-0.25, -0.2) is 0 Å². The molecule has 0 radical (unpaired) electrons. The monoisotopic (exact) mass is 240 g/mol. The Morgan fingerprint density at radius 1 is 1.29 bits per heavy atom. The molecule has 1 saturated heterocycles. The Hall–Kier alpha value is -0.120. The van der Waals surface area contributed by atoms with Crippen LogP contribution in [0.25, 0.3) is 0 Å². The fraction of sp³-hybridized carbons (Fsp3) is 1.00. The first-order valence-electron chi connectivity index (χ1n) is 7.22. The van der Waals surface area contributed by atoms with Gasteiger partial charge < -0.3 is 10.5 Å². The highest BCUT2D eigenvalue weighted by atomic mass is 16.5. The van der Waals surface area contributed by atoms with Crippen molar-refractivity contribution in [2.45, 2.75) is 57.0 Å². The zero-order valence-electron chi connectivity index (χ0n) is 11.5. The fourth-order valence-electron chi connectivity index (χ4n) is 3.67. The molecule has 2 aliphatic rings. The Labute approximate surface area is 106 Å². The van der Waals surface area contributed by atoms with Gasteiger partial charge in [0.25, 0.3) is 0 Å². The molecule has 0 spiro atoms. The summed E-state index contributed by atoms with van der Waals surface area (Å²) in [7, 11) is 2.29. The molecule has 0 amide bonds. The molecule has 2 N–H and O–H groups in total. The maximum Gasteiger partial charge on any atom is 0.0480 e. The lowest BCUT2D eigenvalue weighted by molar-refractivity contribution is -0.00130. The van der Waals surface area contributed by atoms with E-state index in [9.17, 15) is 0 Å². The molecule has 2 fully saturated rings. The number of rotatable bonds is 4. The molecule has 2 rings (SSSR count). The zero-order valence-corrected chi connectivity index (χ0v) is 11.5. The SMILES string of the molecule is CCC1CCC(CN)(N(C)C2CCOCC2)C1. The first-order valence-corrected chi connectivity index (χ1v) is 7.22. The molecule has 2 unspecified atom stereocenters. The van der Waals surface area contributed by atoms with Crippen molar-refractivity contribution in [1.82, 2.24) is 4.90 Å². The second-order valence-electron chi connectivity index (χ2n) is 5.90. The molecule has 2 atom stereocenters. The summed E-state index contributed by atoms with van der Waals surface area (Å²) < 4.78 is 5.46. The van der Waals surface area contributed by atoms with Crippen molar-refractivity contribution in [3.05, 3.63) is 0 Å². The summed E-state index contributed by atoms with van der Waals surface area (Å²) in [5.74, 6) is 0.890. The lowest BCUT2D eigenvalue weighted by atomic mass is 9.90. The minimum atomic E-state index is 0.280. The van der Waals surface area contributed by atoms with Crippen LogP contribution >= 0.6 is 0 Å². The van der Waals surface area contributed by atoms with Crippen LogP contribution in [0.1, 0.15) is 45.4 Å². The van der Waals surface area contributed by atoms with E-state index in [4.69, 9.17) is 10.5 Å². The molecule has 0 aromatic rings. The van der Waals surface area contributed by atoms with Gasteiger partial charge in [0.15, 0.2) is 0 Å². The molecule has 1 heterocycles. The van der Waals surface area contributed by atoms with Crippen molar-refractivity contribution in [3.63, 3.8) is 0 Å². The van der Waals surface area contributed by atoms with Gasteiger partial charge in [0, 0.05) is 31.3 Å². The van der Waals surface area contributed by atoms with E-state index >= 15 is 0 Å². The third-order valence-corrected chi connectivity index (χ3v) is 5.13. The molecule has 100 valence electrons. The molecular formula is C14H28N2O. The largest absolute Gasteiger partial charge is 0.381 e. The molecular weight excluding hydrogens is 212 g/mol. The van der Waals surface area contributed by atoms with Crippen LogP contribution < -0.4 is 5.73 Å². The number of nitrogens with two attached hydrogens (primary N) is 1. The van der Waals surface area contributed by atoms with E-state index in [-0.39, 0.29) is 5.54 Å². The summed E-state index contributed by atoms with van der Waals surface area (Å²) in [6, 6.07) is 0.683. The summed E-state index contributed by atoms with van der Waals surface area (Å²) in [5.41, 5.74) is 6.40. The molecule has 1 aliphatic carbocycles. The van der Waals surface area contributed by atoms with E-state index in [2.05, 4.69) is 18.9 Å². The van der Waals surface area contributed by atoms with E-state index in [1.165, 1.54) is 38.5 Å². The minimum absolute atomic E-state index is 0.280. The molecule has 3 heteroatoms. The number of ether oxygens (including phenoxy) is 1. The lowest BCUT2D eigenvalue weighted by Crippen LogP contribution is -2.55. The lowest BCUT2D eigenvalue weighted by Gasteiger charge is -2.44. The van der Waals surface area contributed by atoms with Gasteiger partial charge in [0.2, 0.25) is 0 Å². The highest BCUT2D eigenvalue weighted by molar-refractivity contribution is 4.99. The average Bonchev–Trinajstić information content (AvgIpc) is 2.84. The quantitative estimate of drug-likeness (QED) is 0.817.